The molecule has 3 heterocycles. The largest absolute Gasteiger partial charge is 0.368 e. The van der Waals surface area contributed by atoms with Crippen LogP contribution in [0.15, 0.2) is 54.7 Å². The normalized spacial score (nSPS) is 19.8. The van der Waals surface area contributed by atoms with Crippen LogP contribution in [0.3, 0.4) is 0 Å². The molecule has 160 valence electrons. The standard InChI is InChI=1S/C26H27ClN2O2/c27-25-21-4-1-2-5-23(21)28-17-22(25)20-9-7-18(8-10-20)16-19-11-13-29(14-12-19)26(30)24-6-3-15-31-24/h1-2,4-5,7-10,17,19,24H,3,6,11-16H2/t24-/m1/s1. The molecule has 5 rings (SSSR count). The molecule has 1 amide bonds. The number of fused-ring (bicyclic) bond motifs is 1. The van der Waals surface area contributed by atoms with Crippen LogP contribution in [-0.4, -0.2) is 41.6 Å². The zero-order valence-electron chi connectivity index (χ0n) is 17.6. The minimum atomic E-state index is -0.194. The van der Waals surface area contributed by atoms with Gasteiger partial charge in [-0.05, 0) is 55.2 Å². The van der Waals surface area contributed by atoms with E-state index >= 15 is 0 Å². The van der Waals surface area contributed by atoms with Crippen LogP contribution in [0.25, 0.3) is 22.0 Å². The summed E-state index contributed by atoms with van der Waals surface area (Å²) in [5.74, 6) is 0.812. The number of likely N-dealkylation sites (tertiary alicyclic amines) is 1. The summed E-state index contributed by atoms with van der Waals surface area (Å²) in [6.45, 7) is 2.42. The molecule has 1 aromatic heterocycles. The van der Waals surface area contributed by atoms with E-state index in [1.54, 1.807) is 0 Å². The van der Waals surface area contributed by atoms with E-state index in [2.05, 4.69) is 29.2 Å². The van der Waals surface area contributed by atoms with Crippen molar-refractivity contribution in [1.29, 1.82) is 0 Å². The van der Waals surface area contributed by atoms with E-state index in [0.717, 1.165) is 78.9 Å². The highest BCUT2D eigenvalue weighted by atomic mass is 35.5. The van der Waals surface area contributed by atoms with Crippen molar-refractivity contribution in [3.63, 3.8) is 0 Å². The van der Waals surface area contributed by atoms with E-state index in [0.29, 0.717) is 5.92 Å². The van der Waals surface area contributed by atoms with Crippen LogP contribution in [0.1, 0.15) is 31.2 Å². The first-order valence-corrected chi connectivity index (χ1v) is 11.6. The third kappa shape index (κ3) is 4.32. The Labute approximate surface area is 188 Å². The zero-order chi connectivity index (χ0) is 21.2. The van der Waals surface area contributed by atoms with Crippen LogP contribution in [0.4, 0.5) is 0 Å². The number of nitrogens with zero attached hydrogens (tertiary/aromatic N) is 2. The number of piperidine rings is 1. The second-order valence-corrected chi connectivity index (χ2v) is 9.05. The van der Waals surface area contributed by atoms with Crippen LogP contribution in [0, 0.1) is 5.92 Å². The Morgan fingerprint density at radius 3 is 2.58 bits per heavy atom. The van der Waals surface area contributed by atoms with Gasteiger partial charge in [0.1, 0.15) is 6.10 Å². The number of hydrogen-bond donors (Lipinski definition) is 0. The molecule has 0 aliphatic carbocycles. The number of hydrogen-bond acceptors (Lipinski definition) is 3. The lowest BCUT2D eigenvalue weighted by molar-refractivity contribution is -0.142. The van der Waals surface area contributed by atoms with Gasteiger partial charge in [0.2, 0.25) is 0 Å². The summed E-state index contributed by atoms with van der Waals surface area (Å²) in [6, 6.07) is 16.6. The molecule has 2 aliphatic rings. The number of aromatic nitrogens is 1. The molecule has 3 aromatic rings. The minimum Gasteiger partial charge on any atom is -0.368 e. The SMILES string of the molecule is O=C([C@H]1CCCO1)N1CCC(Cc2ccc(-c3cnc4ccccc4c3Cl)cc2)CC1. The predicted molar refractivity (Wildman–Crippen MR) is 124 cm³/mol. The summed E-state index contributed by atoms with van der Waals surface area (Å²) in [5, 5.41) is 1.73. The molecule has 0 unspecified atom stereocenters. The third-order valence-electron chi connectivity index (χ3n) is 6.63. The molecule has 2 fully saturated rings. The maximum atomic E-state index is 12.5. The minimum absolute atomic E-state index is 0.194. The average Bonchev–Trinajstić information content (AvgIpc) is 3.35. The molecule has 0 bridgehead atoms. The number of halogens is 1. The van der Waals surface area contributed by atoms with E-state index in [1.165, 1.54) is 5.56 Å². The highest BCUT2D eigenvalue weighted by Gasteiger charge is 2.30. The topological polar surface area (TPSA) is 42.4 Å². The van der Waals surface area contributed by atoms with Crippen molar-refractivity contribution in [1.82, 2.24) is 9.88 Å². The van der Waals surface area contributed by atoms with Gasteiger partial charge in [-0.1, -0.05) is 54.1 Å². The number of benzene rings is 2. The Bertz CT molecular complexity index is 1070. The summed E-state index contributed by atoms with van der Waals surface area (Å²) in [4.78, 5) is 19.1. The van der Waals surface area contributed by atoms with Crippen LogP contribution in [-0.2, 0) is 16.0 Å². The highest BCUT2D eigenvalue weighted by Crippen LogP contribution is 2.33. The van der Waals surface area contributed by atoms with Gasteiger partial charge in [0, 0.05) is 36.8 Å². The lowest BCUT2D eigenvalue weighted by atomic mass is 9.89. The monoisotopic (exact) mass is 434 g/mol. The molecule has 4 nitrogen and oxygen atoms in total. The van der Waals surface area contributed by atoms with Gasteiger partial charge >= 0.3 is 0 Å². The van der Waals surface area contributed by atoms with Crippen LogP contribution >= 0.6 is 11.6 Å². The molecule has 5 heteroatoms. The van der Waals surface area contributed by atoms with Crippen molar-refractivity contribution in [2.75, 3.05) is 19.7 Å². The van der Waals surface area contributed by atoms with Gasteiger partial charge in [-0.15, -0.1) is 0 Å². The molecule has 1 atom stereocenters. The number of pyridine rings is 1. The number of rotatable bonds is 4. The number of carbonyl (C=O) groups excluding carboxylic acids is 1. The van der Waals surface area contributed by atoms with Gasteiger partial charge in [0.05, 0.1) is 10.5 Å². The molecule has 2 aromatic carbocycles. The lowest BCUT2D eigenvalue weighted by Crippen LogP contribution is -2.44. The lowest BCUT2D eigenvalue weighted by Gasteiger charge is -2.33. The van der Waals surface area contributed by atoms with Crippen molar-refractivity contribution in [3.8, 4) is 11.1 Å². The van der Waals surface area contributed by atoms with Crippen molar-refractivity contribution in [2.24, 2.45) is 5.92 Å². The van der Waals surface area contributed by atoms with Gasteiger partial charge in [-0.2, -0.15) is 0 Å². The molecular formula is C26H27ClN2O2. The van der Waals surface area contributed by atoms with Crippen molar-refractivity contribution >= 4 is 28.4 Å². The third-order valence-corrected chi connectivity index (χ3v) is 7.04. The fourth-order valence-electron chi connectivity index (χ4n) is 4.80. The summed E-state index contributed by atoms with van der Waals surface area (Å²) in [7, 11) is 0. The first-order chi connectivity index (χ1) is 15.2. The van der Waals surface area contributed by atoms with Crippen molar-refractivity contribution in [3.05, 3.63) is 65.3 Å². The Morgan fingerprint density at radius 2 is 1.84 bits per heavy atom. The maximum Gasteiger partial charge on any atom is 0.251 e. The average molecular weight is 435 g/mol. The summed E-state index contributed by atoms with van der Waals surface area (Å²) >= 11 is 6.68. The number of ether oxygens (including phenoxy) is 1. The van der Waals surface area contributed by atoms with Crippen molar-refractivity contribution < 1.29 is 9.53 Å². The molecule has 2 saturated heterocycles. The quantitative estimate of drug-likeness (QED) is 0.543. The molecular weight excluding hydrogens is 408 g/mol. The van der Waals surface area contributed by atoms with E-state index in [-0.39, 0.29) is 12.0 Å². The second-order valence-electron chi connectivity index (χ2n) is 8.67. The summed E-state index contributed by atoms with van der Waals surface area (Å²) < 4.78 is 5.57. The Kier molecular flexibility index (Phi) is 5.93. The molecule has 0 N–H and O–H groups in total. The van der Waals surface area contributed by atoms with Gasteiger partial charge in [-0.25, -0.2) is 0 Å². The summed E-state index contributed by atoms with van der Waals surface area (Å²) in [6.07, 6.45) is 6.71. The Balaban J connectivity index is 1.21. The fraction of sp³-hybridized carbons (Fsp3) is 0.385. The van der Waals surface area contributed by atoms with Crippen molar-refractivity contribution in [2.45, 2.75) is 38.2 Å². The fourth-order valence-corrected chi connectivity index (χ4v) is 5.11. The van der Waals surface area contributed by atoms with Crippen LogP contribution in [0.2, 0.25) is 5.02 Å². The van der Waals surface area contributed by atoms with Gasteiger partial charge in [-0.3, -0.25) is 9.78 Å². The van der Waals surface area contributed by atoms with Gasteiger partial charge in [0.25, 0.3) is 5.91 Å². The zero-order valence-corrected chi connectivity index (χ0v) is 18.4. The molecule has 2 aliphatic heterocycles. The maximum absolute atomic E-state index is 12.5. The van der Waals surface area contributed by atoms with E-state index in [9.17, 15) is 4.79 Å². The second kappa shape index (κ2) is 8.97. The van der Waals surface area contributed by atoms with Crippen LogP contribution in [0.5, 0.6) is 0 Å². The predicted octanol–water partition coefficient (Wildman–Crippen LogP) is 5.52. The molecule has 31 heavy (non-hydrogen) atoms. The number of amides is 1. The van der Waals surface area contributed by atoms with E-state index in [1.807, 2.05) is 35.4 Å². The van der Waals surface area contributed by atoms with E-state index in [4.69, 9.17) is 16.3 Å². The molecule has 0 radical (unpaired) electrons. The van der Waals surface area contributed by atoms with Gasteiger partial charge < -0.3 is 9.64 Å². The molecule has 0 spiro atoms. The molecule has 0 saturated carbocycles. The number of carbonyl (C=O) groups is 1. The number of para-hydroxylation sites is 1. The smallest absolute Gasteiger partial charge is 0.251 e. The Morgan fingerprint density at radius 1 is 1.06 bits per heavy atom. The van der Waals surface area contributed by atoms with Crippen LogP contribution < -0.4 is 0 Å². The Hall–Kier alpha value is -2.43. The van der Waals surface area contributed by atoms with Gasteiger partial charge in [0.15, 0.2) is 0 Å². The van der Waals surface area contributed by atoms with E-state index < -0.39 is 0 Å². The first-order valence-electron chi connectivity index (χ1n) is 11.2. The first kappa shape index (κ1) is 20.5. The highest BCUT2D eigenvalue weighted by molar-refractivity contribution is 6.38. The summed E-state index contributed by atoms with van der Waals surface area (Å²) in [5.41, 5.74) is 4.30.